The Kier molecular flexibility index (Phi) is 9.89. The van der Waals surface area contributed by atoms with Gasteiger partial charge in [0.05, 0.1) is 45.3 Å². The molecule has 4 aromatic rings. The van der Waals surface area contributed by atoms with Crippen molar-refractivity contribution in [3.05, 3.63) is 82.7 Å². The van der Waals surface area contributed by atoms with Crippen LogP contribution in [0.15, 0.2) is 85.3 Å². The molecule has 2 N–H and O–H groups in total. The number of aromatic nitrogens is 3. The van der Waals surface area contributed by atoms with E-state index in [9.17, 15) is 4.79 Å². The van der Waals surface area contributed by atoms with E-state index in [0.717, 1.165) is 83.9 Å². The highest BCUT2D eigenvalue weighted by Crippen LogP contribution is 2.52. The van der Waals surface area contributed by atoms with Gasteiger partial charge < -0.3 is 29.4 Å². The Morgan fingerprint density at radius 1 is 0.935 bits per heavy atom. The summed E-state index contributed by atoms with van der Waals surface area (Å²) in [4.78, 5) is 34.3. The van der Waals surface area contributed by atoms with Crippen molar-refractivity contribution < 1.29 is 14.2 Å². The standard InChI is InChI=1S/C34H38N6O4S2/c1-23-20-35-34(36-21-23)28(22-44-14-9-39-7-12-42-13-8-39)37-24-5-6-29-31(17-24)45-30-4-2-3-26(33(30)46-29)27-18-25(19-32(41)38-27)40-10-15-43-16-11-40/h2-6,17-21,28,37H,7-16,22H2,1H3,(H,38,41). The smallest absolute Gasteiger partial charge is 0.250 e. The van der Waals surface area contributed by atoms with Gasteiger partial charge >= 0.3 is 0 Å². The molecular formula is C34H38N6O4S2. The highest BCUT2D eigenvalue weighted by atomic mass is 32.2. The van der Waals surface area contributed by atoms with E-state index in [1.807, 2.05) is 19.3 Å². The van der Waals surface area contributed by atoms with Crippen molar-refractivity contribution in [3.63, 3.8) is 0 Å². The van der Waals surface area contributed by atoms with E-state index in [1.54, 1.807) is 29.6 Å². The quantitative estimate of drug-likeness (QED) is 0.196. The van der Waals surface area contributed by atoms with Gasteiger partial charge in [0.2, 0.25) is 5.56 Å². The second-order valence-corrected chi connectivity index (χ2v) is 13.7. The molecule has 1 atom stereocenters. The lowest BCUT2D eigenvalue weighted by Crippen LogP contribution is -2.38. The average Bonchev–Trinajstić information content (AvgIpc) is 3.09. The molecule has 0 radical (unpaired) electrons. The number of nitrogens with zero attached hydrogens (tertiary/aromatic N) is 4. The Morgan fingerprint density at radius 3 is 2.52 bits per heavy atom. The number of fused-ring (bicyclic) bond motifs is 2. The summed E-state index contributed by atoms with van der Waals surface area (Å²) >= 11 is 3.49. The van der Waals surface area contributed by atoms with Crippen LogP contribution < -0.4 is 15.8 Å². The minimum absolute atomic E-state index is 0.0987. The van der Waals surface area contributed by atoms with Crippen LogP contribution in [0.1, 0.15) is 17.4 Å². The number of pyridine rings is 1. The zero-order chi connectivity index (χ0) is 31.3. The maximum Gasteiger partial charge on any atom is 0.250 e. The minimum Gasteiger partial charge on any atom is -0.379 e. The molecular weight excluding hydrogens is 621 g/mol. The van der Waals surface area contributed by atoms with Crippen LogP contribution in [-0.2, 0) is 14.2 Å². The highest BCUT2D eigenvalue weighted by Gasteiger charge is 2.23. The molecule has 3 aliphatic rings. The van der Waals surface area contributed by atoms with Crippen molar-refractivity contribution in [1.29, 1.82) is 0 Å². The van der Waals surface area contributed by atoms with Crippen LogP contribution in [0.4, 0.5) is 11.4 Å². The van der Waals surface area contributed by atoms with Crippen LogP contribution >= 0.6 is 23.5 Å². The molecule has 2 aromatic heterocycles. The molecule has 240 valence electrons. The maximum atomic E-state index is 12.7. The Balaban J connectivity index is 1.08. The molecule has 2 aromatic carbocycles. The molecule has 0 bridgehead atoms. The SMILES string of the molecule is Cc1cnc(C(COCCN2CCOCC2)Nc2ccc3c(c2)Sc2cccc(-c4cc(N5CCOCC5)cc(=O)[nH]4)c2S3)nc1. The fourth-order valence-corrected chi connectivity index (χ4v) is 8.18. The number of H-pyrrole nitrogens is 1. The third kappa shape index (κ3) is 7.43. The van der Waals surface area contributed by atoms with Crippen molar-refractivity contribution in [3.8, 4) is 11.3 Å². The summed E-state index contributed by atoms with van der Waals surface area (Å²) in [7, 11) is 0. The first-order valence-corrected chi connectivity index (χ1v) is 17.4. The van der Waals surface area contributed by atoms with E-state index in [4.69, 9.17) is 14.2 Å². The molecule has 46 heavy (non-hydrogen) atoms. The van der Waals surface area contributed by atoms with Crippen LogP contribution in [0, 0.1) is 6.92 Å². The van der Waals surface area contributed by atoms with Gasteiger partial charge in [-0.15, -0.1) is 0 Å². The Hall–Kier alpha value is -3.39. The fourth-order valence-electron chi connectivity index (χ4n) is 5.77. The Bertz CT molecular complexity index is 1710. The van der Waals surface area contributed by atoms with Gasteiger partial charge in [0.25, 0.3) is 0 Å². The molecule has 2 fully saturated rings. The predicted molar refractivity (Wildman–Crippen MR) is 181 cm³/mol. The lowest BCUT2D eigenvalue weighted by atomic mass is 10.1. The third-order valence-corrected chi connectivity index (χ3v) is 10.8. The summed E-state index contributed by atoms with van der Waals surface area (Å²) in [6, 6.07) is 16.3. The summed E-state index contributed by atoms with van der Waals surface area (Å²) in [5.41, 5.74) is 4.70. The number of aryl methyl sites for hydroxylation is 1. The lowest BCUT2D eigenvalue weighted by Gasteiger charge is -2.29. The number of aromatic amines is 1. The molecule has 12 heteroatoms. The van der Waals surface area contributed by atoms with Gasteiger partial charge in [-0.05, 0) is 42.8 Å². The number of morpholine rings is 2. The van der Waals surface area contributed by atoms with Crippen molar-refractivity contribution in [2.75, 3.05) is 82.6 Å². The molecule has 10 nitrogen and oxygen atoms in total. The number of benzene rings is 2. The molecule has 0 spiro atoms. The number of ether oxygens (including phenoxy) is 3. The molecule has 0 saturated carbocycles. The van der Waals surface area contributed by atoms with Crippen LogP contribution in [0.5, 0.6) is 0 Å². The number of hydrogen-bond donors (Lipinski definition) is 2. The number of nitrogens with one attached hydrogen (secondary N) is 2. The summed E-state index contributed by atoms with van der Waals surface area (Å²) in [6.45, 7) is 10.3. The largest absolute Gasteiger partial charge is 0.379 e. The van der Waals surface area contributed by atoms with E-state index in [-0.39, 0.29) is 11.6 Å². The van der Waals surface area contributed by atoms with Crippen molar-refractivity contribution >= 4 is 34.9 Å². The molecule has 0 amide bonds. The normalized spacial score (nSPS) is 17.3. The number of hydrogen-bond acceptors (Lipinski definition) is 11. The summed E-state index contributed by atoms with van der Waals surface area (Å²) in [5.74, 6) is 0.708. The van der Waals surface area contributed by atoms with E-state index in [1.165, 1.54) is 9.79 Å². The minimum atomic E-state index is -0.195. The number of rotatable bonds is 10. The van der Waals surface area contributed by atoms with Crippen molar-refractivity contribution in [1.82, 2.24) is 19.9 Å². The van der Waals surface area contributed by atoms with Crippen molar-refractivity contribution in [2.45, 2.75) is 32.5 Å². The Labute approximate surface area is 277 Å². The molecule has 2 saturated heterocycles. The van der Waals surface area contributed by atoms with Crippen LogP contribution in [-0.4, -0.2) is 92.2 Å². The van der Waals surface area contributed by atoms with E-state index >= 15 is 0 Å². The van der Waals surface area contributed by atoms with Gasteiger partial charge in [0.15, 0.2) is 5.82 Å². The van der Waals surface area contributed by atoms with Crippen LogP contribution in [0.2, 0.25) is 0 Å². The topological polar surface area (TPSA) is 105 Å². The molecule has 5 heterocycles. The van der Waals surface area contributed by atoms with E-state index in [0.29, 0.717) is 32.3 Å². The molecule has 3 aliphatic heterocycles. The van der Waals surface area contributed by atoms with Gasteiger partial charge in [-0.3, -0.25) is 9.69 Å². The first kappa shape index (κ1) is 31.2. The lowest BCUT2D eigenvalue weighted by molar-refractivity contribution is 0.0192. The first-order valence-electron chi connectivity index (χ1n) is 15.7. The van der Waals surface area contributed by atoms with Gasteiger partial charge in [0, 0.05) is 87.7 Å². The maximum absolute atomic E-state index is 12.7. The molecule has 0 aliphatic carbocycles. The van der Waals surface area contributed by atoms with Crippen LogP contribution in [0.3, 0.4) is 0 Å². The zero-order valence-corrected chi connectivity index (χ0v) is 27.5. The van der Waals surface area contributed by atoms with E-state index < -0.39 is 0 Å². The third-order valence-electron chi connectivity index (χ3n) is 8.24. The number of anilines is 2. The van der Waals surface area contributed by atoms with Crippen molar-refractivity contribution in [2.24, 2.45) is 0 Å². The van der Waals surface area contributed by atoms with Gasteiger partial charge in [0.1, 0.15) is 6.04 Å². The molecule has 7 rings (SSSR count). The highest BCUT2D eigenvalue weighted by molar-refractivity contribution is 8.05. The predicted octanol–water partition coefficient (Wildman–Crippen LogP) is 5.09. The second kappa shape index (κ2) is 14.6. The summed E-state index contributed by atoms with van der Waals surface area (Å²) < 4.78 is 17.1. The zero-order valence-electron chi connectivity index (χ0n) is 25.9. The Morgan fingerprint density at radius 2 is 1.72 bits per heavy atom. The second-order valence-electron chi connectivity index (χ2n) is 11.6. The van der Waals surface area contributed by atoms with Gasteiger partial charge in [-0.2, -0.15) is 0 Å². The fraction of sp³-hybridized carbons (Fsp3) is 0.382. The van der Waals surface area contributed by atoms with Gasteiger partial charge in [-0.1, -0.05) is 35.7 Å². The van der Waals surface area contributed by atoms with Crippen LogP contribution in [0.25, 0.3) is 11.3 Å². The molecule has 1 unspecified atom stereocenters. The van der Waals surface area contributed by atoms with E-state index in [2.05, 4.69) is 72.5 Å². The summed E-state index contributed by atoms with van der Waals surface area (Å²) in [6.07, 6.45) is 3.70. The van der Waals surface area contributed by atoms with Gasteiger partial charge in [-0.25, -0.2) is 9.97 Å². The average molecular weight is 659 g/mol. The summed E-state index contributed by atoms with van der Waals surface area (Å²) in [5, 5.41) is 3.65. The monoisotopic (exact) mass is 658 g/mol. The first-order chi connectivity index (χ1) is 22.6.